The van der Waals surface area contributed by atoms with E-state index in [0.717, 1.165) is 24.6 Å². The average Bonchev–Trinajstić information content (AvgIpc) is 2.86. The van der Waals surface area contributed by atoms with Gasteiger partial charge in [-0.05, 0) is 37.4 Å². The molecule has 0 saturated heterocycles. The summed E-state index contributed by atoms with van der Waals surface area (Å²) in [5.41, 5.74) is 0. The van der Waals surface area contributed by atoms with Crippen LogP contribution in [-0.2, 0) is 14.0 Å². The van der Waals surface area contributed by atoms with E-state index < -0.39 is 8.32 Å². The van der Waals surface area contributed by atoms with Crippen LogP contribution in [0.4, 0.5) is 0 Å². The molecule has 4 atom stereocenters. The van der Waals surface area contributed by atoms with Gasteiger partial charge in [-0.25, -0.2) is 0 Å². The second kappa shape index (κ2) is 21.0. The summed E-state index contributed by atoms with van der Waals surface area (Å²) in [6, 6.07) is 3.30. The maximum Gasteiger partial charge on any atom is 0.302 e. The van der Waals surface area contributed by atoms with Crippen LogP contribution in [0, 0.1) is 11.8 Å². The van der Waals surface area contributed by atoms with Crippen LogP contribution in [-0.4, -0.2) is 26.5 Å². The van der Waals surface area contributed by atoms with Crippen molar-refractivity contribution in [3.63, 3.8) is 0 Å². The molecule has 0 radical (unpaired) electrons. The zero-order valence-electron chi connectivity index (χ0n) is 24.2. The molecule has 36 heavy (non-hydrogen) atoms. The van der Waals surface area contributed by atoms with Gasteiger partial charge in [0.15, 0.2) is 8.32 Å². The number of ether oxygens (including phenoxy) is 1. The predicted molar refractivity (Wildman–Crippen MR) is 161 cm³/mol. The third-order valence-corrected chi connectivity index (χ3v) is 11.3. The van der Waals surface area contributed by atoms with Crippen LogP contribution >= 0.6 is 0 Å². The first-order valence-electron chi connectivity index (χ1n) is 13.8. The van der Waals surface area contributed by atoms with Gasteiger partial charge in [0.05, 0.1) is 6.10 Å². The zero-order chi connectivity index (χ0) is 27.2. The highest BCUT2D eigenvalue weighted by molar-refractivity contribution is 6.73. The Balaban J connectivity index is 5.05. The van der Waals surface area contributed by atoms with E-state index in [1.807, 2.05) is 67.7 Å². The van der Waals surface area contributed by atoms with Crippen molar-refractivity contribution in [3.05, 3.63) is 85.1 Å². The lowest BCUT2D eigenvalue weighted by Crippen LogP contribution is -2.46. The Morgan fingerprint density at radius 1 is 0.722 bits per heavy atom. The van der Waals surface area contributed by atoms with Crippen molar-refractivity contribution >= 4 is 14.3 Å². The molecule has 0 fully saturated rings. The van der Waals surface area contributed by atoms with Gasteiger partial charge < -0.3 is 9.16 Å². The summed E-state index contributed by atoms with van der Waals surface area (Å²) >= 11 is 0. The third-order valence-electron chi connectivity index (χ3n) is 6.68. The van der Waals surface area contributed by atoms with Crippen LogP contribution < -0.4 is 0 Å². The van der Waals surface area contributed by atoms with Crippen LogP contribution in [0.5, 0.6) is 0 Å². The summed E-state index contributed by atoms with van der Waals surface area (Å²) in [5.74, 6) is 0.0731. The lowest BCUT2D eigenvalue weighted by atomic mass is 9.89. The fraction of sp³-hybridized carbons (Fsp3) is 0.531. The molecule has 0 bridgehead atoms. The number of esters is 1. The Morgan fingerprint density at radius 3 is 1.58 bits per heavy atom. The maximum absolute atomic E-state index is 11.5. The number of hydrogen-bond donors (Lipinski definition) is 0. The van der Waals surface area contributed by atoms with Gasteiger partial charge in [-0.2, -0.15) is 0 Å². The standard InChI is InChI=1S/C32H52O3Si/c1-9-13-14-15-16-17-18-19-20-21-22-23-24-25-26-27-28(5)32(29(6)30(7)34-31(8)33)35-36(10-2,11-3)12-4/h14-30,32H,9-13H2,1-8H3/b15-14+,17-16+,19-18+,21-20+,23-22+,25-24+,27-26+/t28-,29-,30-,32+/m0/s1. The van der Waals surface area contributed by atoms with Gasteiger partial charge in [0, 0.05) is 12.8 Å². The number of carbonyl (C=O) groups is 1. The number of allylic oxidation sites excluding steroid dienone is 13. The molecule has 0 saturated carbocycles. The molecule has 3 nitrogen and oxygen atoms in total. The Bertz CT molecular complexity index is 773. The summed E-state index contributed by atoms with van der Waals surface area (Å²) in [7, 11) is -1.81. The first kappa shape index (κ1) is 33.8. The monoisotopic (exact) mass is 512 g/mol. The van der Waals surface area contributed by atoms with E-state index >= 15 is 0 Å². The van der Waals surface area contributed by atoms with Crippen molar-refractivity contribution in [2.24, 2.45) is 11.8 Å². The minimum absolute atomic E-state index is 0.0111. The summed E-state index contributed by atoms with van der Waals surface area (Å²) in [6.07, 6.45) is 30.9. The zero-order valence-corrected chi connectivity index (χ0v) is 25.2. The van der Waals surface area contributed by atoms with Crippen molar-refractivity contribution in [1.29, 1.82) is 0 Å². The third kappa shape index (κ3) is 15.1. The van der Waals surface area contributed by atoms with Gasteiger partial charge in [-0.1, -0.05) is 133 Å². The molecule has 0 rings (SSSR count). The summed E-state index contributed by atoms with van der Waals surface area (Å²) in [5, 5.41) is 0. The first-order chi connectivity index (χ1) is 17.3. The van der Waals surface area contributed by atoms with Gasteiger partial charge in [-0.3, -0.25) is 4.79 Å². The highest BCUT2D eigenvalue weighted by atomic mass is 28.4. The van der Waals surface area contributed by atoms with E-state index in [1.165, 1.54) is 13.3 Å². The van der Waals surface area contributed by atoms with Crippen LogP contribution in [0.15, 0.2) is 85.1 Å². The molecule has 0 aliphatic carbocycles. The average molecular weight is 513 g/mol. The molecule has 0 heterocycles. The molecule has 0 aliphatic rings. The largest absolute Gasteiger partial charge is 0.462 e. The molecule has 0 aromatic heterocycles. The number of rotatable bonds is 18. The van der Waals surface area contributed by atoms with Crippen molar-refractivity contribution in [2.75, 3.05) is 0 Å². The van der Waals surface area contributed by atoms with Crippen LogP contribution in [0.3, 0.4) is 0 Å². The Hall–Kier alpha value is -2.17. The fourth-order valence-corrected chi connectivity index (χ4v) is 6.96. The molecular weight excluding hydrogens is 460 g/mol. The molecule has 0 amide bonds. The van der Waals surface area contributed by atoms with Crippen molar-refractivity contribution in [3.8, 4) is 0 Å². The fourth-order valence-electron chi connectivity index (χ4n) is 3.95. The van der Waals surface area contributed by atoms with E-state index in [0.29, 0.717) is 0 Å². The molecule has 202 valence electrons. The molecule has 0 spiro atoms. The molecule has 0 aliphatic heterocycles. The minimum atomic E-state index is -1.81. The predicted octanol–water partition coefficient (Wildman–Crippen LogP) is 9.29. The maximum atomic E-state index is 11.5. The topological polar surface area (TPSA) is 35.5 Å². The Kier molecular flexibility index (Phi) is 19.7. The van der Waals surface area contributed by atoms with Gasteiger partial charge in [0.1, 0.15) is 6.10 Å². The van der Waals surface area contributed by atoms with E-state index in [1.54, 1.807) is 0 Å². The molecule has 0 N–H and O–H groups in total. The second-order valence-corrected chi connectivity index (χ2v) is 14.1. The van der Waals surface area contributed by atoms with Crippen LogP contribution in [0.25, 0.3) is 0 Å². The van der Waals surface area contributed by atoms with Crippen molar-refractivity contribution in [2.45, 2.75) is 98.6 Å². The van der Waals surface area contributed by atoms with E-state index in [-0.39, 0.29) is 30.0 Å². The molecule has 4 heteroatoms. The van der Waals surface area contributed by atoms with Gasteiger partial charge in [0.25, 0.3) is 0 Å². The molecule has 0 unspecified atom stereocenters. The lowest BCUT2D eigenvalue weighted by Gasteiger charge is -2.39. The van der Waals surface area contributed by atoms with Crippen molar-refractivity contribution in [1.82, 2.24) is 0 Å². The van der Waals surface area contributed by atoms with Crippen LogP contribution in [0.2, 0.25) is 18.1 Å². The summed E-state index contributed by atoms with van der Waals surface area (Å²) in [6.45, 7) is 16.7. The smallest absolute Gasteiger partial charge is 0.302 e. The Morgan fingerprint density at radius 2 is 1.17 bits per heavy atom. The van der Waals surface area contributed by atoms with Gasteiger partial charge in [-0.15, -0.1) is 0 Å². The quantitative estimate of drug-likeness (QED) is 0.104. The molecular formula is C32H52O3Si. The number of carbonyl (C=O) groups excluding carboxylic acids is 1. The van der Waals surface area contributed by atoms with Crippen LogP contribution in [0.1, 0.15) is 68.2 Å². The molecule has 0 aromatic rings. The number of hydrogen-bond acceptors (Lipinski definition) is 3. The summed E-state index contributed by atoms with van der Waals surface area (Å²) < 4.78 is 12.4. The second-order valence-electron chi connectivity index (χ2n) is 9.39. The summed E-state index contributed by atoms with van der Waals surface area (Å²) in [4.78, 5) is 11.5. The van der Waals surface area contributed by atoms with Gasteiger partial charge in [0.2, 0.25) is 0 Å². The number of unbranched alkanes of at least 4 members (excludes halogenated alkanes) is 1. The van der Waals surface area contributed by atoms with E-state index in [2.05, 4.69) is 65.8 Å². The van der Waals surface area contributed by atoms with E-state index in [9.17, 15) is 4.79 Å². The Labute approximate surface area is 223 Å². The molecule has 0 aromatic carbocycles. The van der Waals surface area contributed by atoms with Crippen molar-refractivity contribution < 1.29 is 14.0 Å². The minimum Gasteiger partial charge on any atom is -0.462 e. The normalized spacial score (nSPS) is 17.0. The van der Waals surface area contributed by atoms with E-state index in [4.69, 9.17) is 9.16 Å². The highest BCUT2D eigenvalue weighted by Crippen LogP contribution is 2.31. The SMILES string of the molecule is CCC/C=C/C=C/C=C/C=C/C=C/C=C/C=C/[C@H](C)[C@@H](O[Si](CC)(CC)CC)[C@@H](C)[C@H](C)OC(C)=O. The van der Waals surface area contributed by atoms with Gasteiger partial charge >= 0.3 is 5.97 Å². The highest BCUT2D eigenvalue weighted by Gasteiger charge is 2.37. The lowest BCUT2D eigenvalue weighted by molar-refractivity contribution is -0.149. The first-order valence-corrected chi connectivity index (χ1v) is 16.3.